The number of halogens is 1. The fraction of sp³-hybridized carbons (Fsp3) is 0.350. The van der Waals surface area contributed by atoms with Crippen LogP contribution >= 0.6 is 0 Å². The highest BCUT2D eigenvalue weighted by Gasteiger charge is 2.09. The van der Waals surface area contributed by atoms with Gasteiger partial charge in [0.05, 0.1) is 7.11 Å². The molecule has 0 bridgehead atoms. The molecule has 5 nitrogen and oxygen atoms in total. The van der Waals surface area contributed by atoms with Gasteiger partial charge in [-0.15, -0.1) is 0 Å². The second-order valence-corrected chi connectivity index (χ2v) is 5.98. The van der Waals surface area contributed by atoms with E-state index >= 15 is 0 Å². The average molecular weight is 359 g/mol. The number of aromatic hydroxyl groups is 1. The number of phenols is 1. The molecule has 0 saturated carbocycles. The highest BCUT2D eigenvalue weighted by Crippen LogP contribution is 2.18. The molecular weight excluding hydrogens is 333 g/mol. The third-order valence-corrected chi connectivity index (χ3v) is 3.91. The van der Waals surface area contributed by atoms with E-state index < -0.39 is 0 Å². The van der Waals surface area contributed by atoms with Crippen molar-refractivity contribution in [1.82, 2.24) is 10.2 Å². The molecule has 0 fully saturated rings. The Bertz CT molecular complexity index is 750. The molecular formula is C20H26FN3O2. The Hall–Kier alpha value is -2.76. The predicted octanol–water partition coefficient (Wildman–Crippen LogP) is 3.18. The minimum atomic E-state index is -0.371. The van der Waals surface area contributed by atoms with Gasteiger partial charge in [-0.3, -0.25) is 4.99 Å². The molecule has 0 aromatic heterocycles. The van der Waals surface area contributed by atoms with Gasteiger partial charge in [-0.25, -0.2) is 4.39 Å². The van der Waals surface area contributed by atoms with Crippen LogP contribution in [0.1, 0.15) is 18.1 Å². The molecule has 2 rings (SSSR count). The lowest BCUT2D eigenvalue weighted by Gasteiger charge is -2.22. The highest BCUT2D eigenvalue weighted by molar-refractivity contribution is 5.79. The van der Waals surface area contributed by atoms with Crippen LogP contribution in [0.2, 0.25) is 0 Å². The van der Waals surface area contributed by atoms with Crippen LogP contribution < -0.4 is 10.1 Å². The molecule has 0 aliphatic heterocycles. The Kier molecular flexibility index (Phi) is 7.26. The van der Waals surface area contributed by atoms with E-state index in [4.69, 9.17) is 4.74 Å². The fourth-order valence-electron chi connectivity index (χ4n) is 2.63. The van der Waals surface area contributed by atoms with Crippen LogP contribution in [0, 0.1) is 5.82 Å². The van der Waals surface area contributed by atoms with Gasteiger partial charge in [0, 0.05) is 26.7 Å². The summed E-state index contributed by atoms with van der Waals surface area (Å²) in [7, 11) is 3.37. The van der Waals surface area contributed by atoms with Gasteiger partial charge in [-0.05, 0) is 48.7 Å². The van der Waals surface area contributed by atoms with Crippen LogP contribution in [-0.4, -0.2) is 43.2 Å². The van der Waals surface area contributed by atoms with Gasteiger partial charge in [-0.1, -0.05) is 18.2 Å². The average Bonchev–Trinajstić information content (AvgIpc) is 2.61. The molecule has 0 aliphatic carbocycles. The SMILES string of the molecule is CCNC(=NCCc1cccc(O)c1)N(C)Cc1ccc(OC)c(F)c1. The monoisotopic (exact) mass is 359 g/mol. The van der Waals surface area contributed by atoms with E-state index in [9.17, 15) is 9.50 Å². The van der Waals surface area contributed by atoms with Crippen LogP contribution in [0.25, 0.3) is 0 Å². The maximum atomic E-state index is 13.9. The Morgan fingerprint density at radius 2 is 2.04 bits per heavy atom. The van der Waals surface area contributed by atoms with Crippen molar-refractivity contribution in [3.05, 3.63) is 59.4 Å². The molecule has 2 aromatic carbocycles. The summed E-state index contributed by atoms with van der Waals surface area (Å²) < 4.78 is 18.8. The summed E-state index contributed by atoms with van der Waals surface area (Å²) in [4.78, 5) is 6.57. The van der Waals surface area contributed by atoms with Gasteiger partial charge < -0.3 is 20.1 Å². The standard InChI is InChI=1S/C20H26FN3O2/c1-4-22-20(23-11-10-15-6-5-7-17(25)12-15)24(2)14-16-8-9-19(26-3)18(21)13-16/h5-9,12-13,25H,4,10-11,14H2,1-3H3,(H,22,23). The molecule has 0 atom stereocenters. The van der Waals surface area contributed by atoms with Crippen molar-refractivity contribution in [3.63, 3.8) is 0 Å². The molecule has 0 heterocycles. The molecule has 6 heteroatoms. The Labute approximate surface area is 154 Å². The van der Waals surface area contributed by atoms with Crippen molar-refractivity contribution in [1.29, 1.82) is 0 Å². The summed E-state index contributed by atoms with van der Waals surface area (Å²) in [5.41, 5.74) is 1.87. The minimum absolute atomic E-state index is 0.239. The number of ether oxygens (including phenoxy) is 1. The molecule has 0 radical (unpaired) electrons. The number of benzene rings is 2. The molecule has 0 spiro atoms. The maximum Gasteiger partial charge on any atom is 0.193 e. The van der Waals surface area contributed by atoms with E-state index in [2.05, 4.69) is 10.3 Å². The molecule has 2 N–H and O–H groups in total. The zero-order valence-electron chi connectivity index (χ0n) is 15.5. The zero-order chi connectivity index (χ0) is 18.9. The molecule has 140 valence electrons. The van der Waals surface area contributed by atoms with Gasteiger partial charge >= 0.3 is 0 Å². The van der Waals surface area contributed by atoms with Crippen molar-refractivity contribution >= 4 is 5.96 Å². The van der Waals surface area contributed by atoms with Crippen molar-refractivity contribution in [2.24, 2.45) is 4.99 Å². The number of phenolic OH excluding ortho intramolecular Hbond substituents is 1. The molecule has 2 aromatic rings. The van der Waals surface area contributed by atoms with E-state index in [-0.39, 0.29) is 17.3 Å². The topological polar surface area (TPSA) is 57.1 Å². The number of guanidine groups is 1. The van der Waals surface area contributed by atoms with Crippen LogP contribution in [-0.2, 0) is 13.0 Å². The normalized spacial score (nSPS) is 11.3. The van der Waals surface area contributed by atoms with Crippen LogP contribution in [0.15, 0.2) is 47.5 Å². The largest absolute Gasteiger partial charge is 0.508 e. The first-order valence-corrected chi connectivity index (χ1v) is 8.63. The van der Waals surface area contributed by atoms with Crippen LogP contribution in [0.3, 0.4) is 0 Å². The van der Waals surface area contributed by atoms with Crippen molar-refractivity contribution in [2.45, 2.75) is 19.9 Å². The quantitative estimate of drug-likeness (QED) is 0.589. The zero-order valence-corrected chi connectivity index (χ0v) is 15.5. The van der Waals surface area contributed by atoms with Gasteiger partial charge in [-0.2, -0.15) is 0 Å². The Balaban J connectivity index is 2.01. The third kappa shape index (κ3) is 5.65. The first kappa shape index (κ1) is 19.6. The molecule has 0 unspecified atom stereocenters. The number of methoxy groups -OCH3 is 1. The number of rotatable bonds is 7. The number of nitrogens with zero attached hydrogens (tertiary/aromatic N) is 2. The first-order chi connectivity index (χ1) is 12.5. The van der Waals surface area contributed by atoms with E-state index in [0.717, 1.165) is 30.1 Å². The highest BCUT2D eigenvalue weighted by atomic mass is 19.1. The summed E-state index contributed by atoms with van der Waals surface area (Å²) in [6.07, 6.45) is 0.730. The van der Waals surface area contributed by atoms with Crippen molar-refractivity contribution in [2.75, 3.05) is 27.2 Å². The molecule has 0 aliphatic rings. The lowest BCUT2D eigenvalue weighted by Crippen LogP contribution is -2.38. The number of nitrogens with one attached hydrogen (secondary N) is 1. The lowest BCUT2D eigenvalue weighted by molar-refractivity contribution is 0.385. The third-order valence-electron chi connectivity index (χ3n) is 3.91. The number of hydrogen-bond donors (Lipinski definition) is 2. The van der Waals surface area contributed by atoms with Gasteiger partial charge in [0.15, 0.2) is 17.5 Å². The van der Waals surface area contributed by atoms with E-state index in [1.807, 2.05) is 37.1 Å². The molecule has 0 amide bonds. The fourth-order valence-corrected chi connectivity index (χ4v) is 2.63. The second kappa shape index (κ2) is 9.65. The first-order valence-electron chi connectivity index (χ1n) is 8.63. The van der Waals surface area contributed by atoms with Gasteiger partial charge in [0.1, 0.15) is 5.75 Å². The summed E-state index contributed by atoms with van der Waals surface area (Å²) in [6, 6.07) is 12.1. The smallest absolute Gasteiger partial charge is 0.193 e. The number of aliphatic imine (C=N–C) groups is 1. The molecule has 0 saturated heterocycles. The van der Waals surface area contributed by atoms with Gasteiger partial charge in [0.2, 0.25) is 0 Å². The van der Waals surface area contributed by atoms with Crippen molar-refractivity contribution < 1.29 is 14.2 Å². The van der Waals surface area contributed by atoms with Crippen LogP contribution in [0.4, 0.5) is 4.39 Å². The van der Waals surface area contributed by atoms with E-state index in [1.54, 1.807) is 18.2 Å². The summed E-state index contributed by atoms with van der Waals surface area (Å²) in [6.45, 7) is 3.86. The van der Waals surface area contributed by atoms with E-state index in [1.165, 1.54) is 13.2 Å². The van der Waals surface area contributed by atoms with Crippen molar-refractivity contribution in [3.8, 4) is 11.5 Å². The maximum absolute atomic E-state index is 13.9. The summed E-state index contributed by atoms with van der Waals surface area (Å²) in [5, 5.41) is 12.8. The van der Waals surface area contributed by atoms with E-state index in [0.29, 0.717) is 13.1 Å². The summed E-state index contributed by atoms with van der Waals surface area (Å²) >= 11 is 0. The van der Waals surface area contributed by atoms with Crippen LogP contribution in [0.5, 0.6) is 11.5 Å². The number of hydrogen-bond acceptors (Lipinski definition) is 3. The Morgan fingerprint density at radius 1 is 1.23 bits per heavy atom. The second-order valence-electron chi connectivity index (χ2n) is 5.98. The summed E-state index contributed by atoms with van der Waals surface area (Å²) in [5.74, 6) is 0.883. The minimum Gasteiger partial charge on any atom is -0.508 e. The lowest BCUT2D eigenvalue weighted by atomic mass is 10.1. The van der Waals surface area contributed by atoms with Gasteiger partial charge in [0.25, 0.3) is 0 Å². The Morgan fingerprint density at radius 3 is 2.69 bits per heavy atom. The predicted molar refractivity (Wildman–Crippen MR) is 102 cm³/mol. The molecule has 26 heavy (non-hydrogen) atoms.